The number of carbonyl (C=O) groups excluding carboxylic acids is 4. The van der Waals surface area contributed by atoms with Gasteiger partial charge in [0, 0.05) is 38.1 Å². The Hall–Kier alpha value is -3.22. The first-order valence-electron chi connectivity index (χ1n) is 11.9. The summed E-state index contributed by atoms with van der Waals surface area (Å²) in [6.07, 6.45) is 0.910. The molecule has 2 aromatic carbocycles. The standard InChI is InChI=1S/C26H31N3O7S2/c1-18(30)37-22-13-7-19(8-14-22)17-38(34,35)29-15-5-6-23(29)25(32)27(2)16-24(31)28(3)21-11-9-20(10-12-21)26(33)36-4/h7-14,23H,5-6,15-17H2,1-4H3. The van der Waals surface area contributed by atoms with Crippen molar-refractivity contribution in [2.45, 2.75) is 36.5 Å². The Morgan fingerprint density at radius 2 is 1.66 bits per heavy atom. The minimum absolute atomic E-state index is 0.0611. The van der Waals surface area contributed by atoms with Crippen LogP contribution in [0.3, 0.4) is 0 Å². The van der Waals surface area contributed by atoms with Crippen molar-refractivity contribution in [1.82, 2.24) is 9.21 Å². The Labute approximate surface area is 227 Å². The highest BCUT2D eigenvalue weighted by Gasteiger charge is 2.40. The third-order valence-electron chi connectivity index (χ3n) is 6.18. The smallest absolute Gasteiger partial charge is 0.337 e. The number of rotatable bonds is 9. The summed E-state index contributed by atoms with van der Waals surface area (Å²) < 4.78 is 32.3. The first-order valence-corrected chi connectivity index (χ1v) is 14.3. The predicted molar refractivity (Wildman–Crippen MR) is 144 cm³/mol. The van der Waals surface area contributed by atoms with E-state index in [4.69, 9.17) is 0 Å². The Morgan fingerprint density at radius 3 is 2.24 bits per heavy atom. The van der Waals surface area contributed by atoms with Crippen LogP contribution in [0.5, 0.6) is 0 Å². The number of sulfonamides is 1. The van der Waals surface area contributed by atoms with Gasteiger partial charge in [0.05, 0.1) is 25.0 Å². The molecule has 0 aliphatic carbocycles. The molecule has 2 aromatic rings. The number of amides is 2. The highest BCUT2D eigenvalue weighted by molar-refractivity contribution is 8.13. The minimum atomic E-state index is -3.80. The molecule has 3 rings (SSSR count). The zero-order valence-electron chi connectivity index (χ0n) is 21.7. The molecule has 1 aliphatic heterocycles. The molecule has 1 heterocycles. The molecule has 0 N–H and O–H groups in total. The summed E-state index contributed by atoms with van der Waals surface area (Å²) in [6, 6.07) is 12.1. The van der Waals surface area contributed by atoms with Crippen LogP contribution in [0, 0.1) is 0 Å². The molecule has 1 atom stereocenters. The first-order chi connectivity index (χ1) is 17.9. The normalized spacial score (nSPS) is 15.6. The summed E-state index contributed by atoms with van der Waals surface area (Å²) in [6.45, 7) is 1.44. The molecule has 0 aromatic heterocycles. The number of carbonyl (C=O) groups is 4. The van der Waals surface area contributed by atoms with E-state index in [1.165, 1.54) is 47.3 Å². The van der Waals surface area contributed by atoms with Crippen molar-refractivity contribution in [2.75, 3.05) is 39.2 Å². The molecule has 1 fully saturated rings. The van der Waals surface area contributed by atoms with Crippen molar-refractivity contribution in [3.8, 4) is 0 Å². The van der Waals surface area contributed by atoms with E-state index in [1.807, 2.05) is 0 Å². The van der Waals surface area contributed by atoms with Crippen LogP contribution in [0.1, 0.15) is 35.7 Å². The van der Waals surface area contributed by atoms with E-state index < -0.39 is 27.9 Å². The van der Waals surface area contributed by atoms with Gasteiger partial charge >= 0.3 is 5.97 Å². The molecule has 0 spiro atoms. The molecular formula is C26H31N3O7S2. The second-order valence-corrected chi connectivity index (χ2v) is 12.1. The average molecular weight is 562 g/mol. The van der Waals surface area contributed by atoms with Gasteiger partial charge in [0.1, 0.15) is 6.04 Å². The SMILES string of the molecule is COC(=O)c1ccc(N(C)C(=O)CN(C)C(=O)C2CCCN2S(=O)(=O)Cc2ccc(SC(C)=O)cc2)cc1. The Kier molecular flexibility index (Phi) is 9.69. The summed E-state index contributed by atoms with van der Waals surface area (Å²) in [5.74, 6) is -1.57. The Bertz CT molecular complexity index is 1300. The lowest BCUT2D eigenvalue weighted by Gasteiger charge is -2.28. The minimum Gasteiger partial charge on any atom is -0.465 e. The fourth-order valence-corrected chi connectivity index (χ4v) is 6.53. The monoisotopic (exact) mass is 561 g/mol. The lowest BCUT2D eigenvalue weighted by Crippen LogP contribution is -2.49. The number of benzene rings is 2. The molecule has 10 nitrogen and oxygen atoms in total. The topological polar surface area (TPSA) is 121 Å². The van der Waals surface area contributed by atoms with Gasteiger partial charge in [-0.05, 0) is 54.8 Å². The Morgan fingerprint density at radius 1 is 1.03 bits per heavy atom. The third kappa shape index (κ3) is 7.21. The van der Waals surface area contributed by atoms with Gasteiger partial charge in [0.15, 0.2) is 5.12 Å². The van der Waals surface area contributed by atoms with Crippen LogP contribution in [0.4, 0.5) is 5.69 Å². The average Bonchev–Trinajstić information content (AvgIpc) is 3.39. The van der Waals surface area contributed by atoms with E-state index in [-0.39, 0.29) is 29.9 Å². The maximum absolute atomic E-state index is 13.2. The van der Waals surface area contributed by atoms with E-state index in [0.29, 0.717) is 29.7 Å². The van der Waals surface area contributed by atoms with Gasteiger partial charge in [-0.2, -0.15) is 4.31 Å². The van der Waals surface area contributed by atoms with E-state index >= 15 is 0 Å². The number of ether oxygens (including phenoxy) is 1. The van der Waals surface area contributed by atoms with Gasteiger partial charge in [-0.1, -0.05) is 23.9 Å². The van der Waals surface area contributed by atoms with Crippen molar-refractivity contribution >= 4 is 50.4 Å². The summed E-state index contributed by atoms with van der Waals surface area (Å²) >= 11 is 1.07. The number of hydrogen-bond donors (Lipinski definition) is 0. The molecule has 38 heavy (non-hydrogen) atoms. The zero-order valence-corrected chi connectivity index (χ0v) is 23.4. The third-order valence-corrected chi connectivity index (χ3v) is 8.82. The number of methoxy groups -OCH3 is 1. The van der Waals surface area contributed by atoms with Crippen molar-refractivity contribution in [3.63, 3.8) is 0 Å². The molecule has 1 unspecified atom stereocenters. The van der Waals surface area contributed by atoms with E-state index in [1.54, 1.807) is 43.4 Å². The molecule has 0 saturated carbocycles. The van der Waals surface area contributed by atoms with Crippen LogP contribution in [-0.2, 0) is 34.9 Å². The van der Waals surface area contributed by atoms with Crippen LogP contribution >= 0.6 is 11.8 Å². The second-order valence-electron chi connectivity index (χ2n) is 8.95. The zero-order chi connectivity index (χ0) is 28.0. The summed E-state index contributed by atoms with van der Waals surface area (Å²) in [5, 5.41) is -0.0611. The quantitative estimate of drug-likeness (QED) is 0.338. The van der Waals surface area contributed by atoms with E-state index in [9.17, 15) is 27.6 Å². The molecule has 1 saturated heterocycles. The van der Waals surface area contributed by atoms with Crippen molar-refractivity contribution in [1.29, 1.82) is 0 Å². The molecule has 12 heteroatoms. The summed E-state index contributed by atoms with van der Waals surface area (Å²) in [4.78, 5) is 52.3. The van der Waals surface area contributed by atoms with Crippen molar-refractivity contribution in [2.24, 2.45) is 0 Å². The number of anilines is 1. The van der Waals surface area contributed by atoms with Gasteiger partial charge in [0.2, 0.25) is 21.8 Å². The number of likely N-dealkylation sites (N-methyl/N-ethyl adjacent to an activating group) is 2. The molecule has 1 aliphatic rings. The molecule has 0 radical (unpaired) electrons. The fraction of sp³-hybridized carbons (Fsp3) is 0.385. The number of thioether (sulfide) groups is 1. The van der Waals surface area contributed by atoms with Gasteiger partial charge in [-0.3, -0.25) is 14.4 Å². The maximum Gasteiger partial charge on any atom is 0.337 e. The lowest BCUT2D eigenvalue weighted by atomic mass is 10.2. The second kappa shape index (κ2) is 12.5. The summed E-state index contributed by atoms with van der Waals surface area (Å²) in [7, 11) is 0.513. The molecular weight excluding hydrogens is 530 g/mol. The predicted octanol–water partition coefficient (Wildman–Crippen LogP) is 2.53. The molecule has 2 amide bonds. The van der Waals surface area contributed by atoms with Gasteiger partial charge < -0.3 is 14.5 Å². The van der Waals surface area contributed by atoms with Crippen LogP contribution in [0.25, 0.3) is 0 Å². The van der Waals surface area contributed by atoms with Crippen LogP contribution in [-0.4, -0.2) is 80.9 Å². The number of hydrogen-bond acceptors (Lipinski definition) is 8. The molecule has 0 bridgehead atoms. The summed E-state index contributed by atoms with van der Waals surface area (Å²) in [5.41, 5.74) is 1.43. The maximum atomic E-state index is 13.2. The van der Waals surface area contributed by atoms with Gasteiger partial charge in [-0.15, -0.1) is 0 Å². The van der Waals surface area contributed by atoms with Crippen LogP contribution in [0.2, 0.25) is 0 Å². The number of nitrogens with zero attached hydrogens (tertiary/aromatic N) is 3. The van der Waals surface area contributed by atoms with Gasteiger partial charge in [-0.25, -0.2) is 13.2 Å². The highest BCUT2D eigenvalue weighted by atomic mass is 32.2. The van der Waals surface area contributed by atoms with Gasteiger partial charge in [0.25, 0.3) is 0 Å². The Balaban J connectivity index is 1.63. The van der Waals surface area contributed by atoms with E-state index in [2.05, 4.69) is 4.74 Å². The van der Waals surface area contributed by atoms with Crippen molar-refractivity contribution < 1.29 is 32.3 Å². The first kappa shape index (κ1) is 29.3. The van der Waals surface area contributed by atoms with E-state index in [0.717, 1.165) is 16.7 Å². The highest BCUT2D eigenvalue weighted by Crippen LogP contribution is 2.26. The van der Waals surface area contributed by atoms with Crippen LogP contribution < -0.4 is 4.90 Å². The largest absolute Gasteiger partial charge is 0.465 e. The number of esters is 1. The fourth-order valence-electron chi connectivity index (χ4n) is 4.16. The molecule has 204 valence electrons. The van der Waals surface area contributed by atoms with Crippen molar-refractivity contribution in [3.05, 3.63) is 59.7 Å². The lowest BCUT2D eigenvalue weighted by molar-refractivity contribution is -0.136. The van der Waals surface area contributed by atoms with Crippen LogP contribution in [0.15, 0.2) is 53.4 Å².